The van der Waals surface area contributed by atoms with E-state index in [1.165, 1.54) is 51.4 Å². The third kappa shape index (κ3) is 34.6. The molecule has 0 radical (unpaired) electrons. The topological polar surface area (TPSA) is 69.6 Å². The van der Waals surface area contributed by atoms with Crippen molar-refractivity contribution in [2.45, 2.75) is 167 Å². The first kappa shape index (κ1) is 45.3. The molecule has 0 fully saturated rings. The van der Waals surface area contributed by atoms with Crippen LogP contribution in [0.2, 0.25) is 0 Å². The monoisotopic (exact) mass is 664 g/mol. The van der Waals surface area contributed by atoms with Crippen LogP contribution >= 0.6 is 0 Å². The quantitative estimate of drug-likeness (QED) is 0.0483. The Hall–Kier alpha value is -2.69. The fourth-order valence-corrected chi connectivity index (χ4v) is 5.10. The van der Waals surface area contributed by atoms with Gasteiger partial charge in [0, 0.05) is 6.42 Å². The lowest BCUT2D eigenvalue weighted by molar-refractivity contribution is -0.123. The normalized spacial score (nSPS) is 14.2. The molecule has 4 nitrogen and oxygen atoms in total. The van der Waals surface area contributed by atoms with Gasteiger partial charge < -0.3 is 15.5 Å². The van der Waals surface area contributed by atoms with E-state index < -0.39 is 12.1 Å². The van der Waals surface area contributed by atoms with Crippen molar-refractivity contribution in [3.63, 3.8) is 0 Å². The number of carbonyl (C=O) groups is 1. The molecule has 272 valence electrons. The van der Waals surface area contributed by atoms with E-state index in [1.54, 1.807) is 6.08 Å². The second-order valence-corrected chi connectivity index (χ2v) is 12.6. The maximum absolute atomic E-state index is 12.3. The van der Waals surface area contributed by atoms with Crippen LogP contribution in [-0.2, 0) is 4.79 Å². The van der Waals surface area contributed by atoms with Crippen LogP contribution in [0, 0.1) is 0 Å². The minimum absolute atomic E-state index is 0.0862. The molecule has 48 heavy (non-hydrogen) atoms. The number of unbranched alkanes of at least 4 members (excludes halogenated alkanes) is 12. The molecule has 0 aromatic heterocycles. The van der Waals surface area contributed by atoms with Crippen molar-refractivity contribution in [2.24, 2.45) is 0 Å². The summed E-state index contributed by atoms with van der Waals surface area (Å²) in [6, 6.07) is -0.631. The van der Waals surface area contributed by atoms with Gasteiger partial charge in [-0.05, 0) is 77.0 Å². The lowest BCUT2D eigenvalue weighted by atomic mass is 10.1. The van der Waals surface area contributed by atoms with Gasteiger partial charge in [0.25, 0.3) is 0 Å². The molecule has 0 rings (SSSR count). The Bertz CT molecular complexity index is 937. The minimum atomic E-state index is -0.846. The Balaban J connectivity index is 3.65. The number of aliphatic hydroxyl groups excluding tert-OH is 2. The van der Waals surface area contributed by atoms with Crippen LogP contribution in [0.1, 0.15) is 155 Å². The van der Waals surface area contributed by atoms with Crippen molar-refractivity contribution in [1.82, 2.24) is 5.32 Å². The molecule has 0 aromatic rings. The summed E-state index contributed by atoms with van der Waals surface area (Å²) in [5, 5.41) is 22.7. The number of nitrogens with one attached hydrogen (secondary N) is 1. The lowest BCUT2D eigenvalue weighted by Crippen LogP contribution is -2.45. The maximum Gasteiger partial charge on any atom is 0.220 e. The van der Waals surface area contributed by atoms with Gasteiger partial charge in [-0.1, -0.05) is 169 Å². The summed E-state index contributed by atoms with van der Waals surface area (Å²) in [5.41, 5.74) is 0. The molecular formula is C44H73NO3. The van der Waals surface area contributed by atoms with E-state index in [-0.39, 0.29) is 12.5 Å². The maximum atomic E-state index is 12.3. The van der Waals surface area contributed by atoms with E-state index in [4.69, 9.17) is 0 Å². The first-order chi connectivity index (χ1) is 23.7. The fourth-order valence-electron chi connectivity index (χ4n) is 5.10. The SMILES string of the molecule is CC/C=C\C/C=C\C/C=C\C/C=C\C/C=C\C/C=C\C/C=C\CCCCCCCCCC(=O)NC(CO)C(O)/C=C/CCCCCCC. The summed E-state index contributed by atoms with van der Waals surface area (Å²) in [6.07, 6.45) is 58.0. The van der Waals surface area contributed by atoms with Gasteiger partial charge in [0.15, 0.2) is 0 Å². The second-order valence-electron chi connectivity index (χ2n) is 12.6. The minimum Gasteiger partial charge on any atom is -0.394 e. The van der Waals surface area contributed by atoms with E-state index in [2.05, 4.69) is 104 Å². The van der Waals surface area contributed by atoms with Gasteiger partial charge in [0.1, 0.15) is 0 Å². The molecule has 0 saturated carbocycles. The van der Waals surface area contributed by atoms with Crippen molar-refractivity contribution in [1.29, 1.82) is 0 Å². The molecule has 2 atom stereocenters. The molecule has 0 heterocycles. The third-order valence-corrected chi connectivity index (χ3v) is 8.07. The largest absolute Gasteiger partial charge is 0.394 e. The molecule has 0 saturated heterocycles. The van der Waals surface area contributed by atoms with Crippen molar-refractivity contribution >= 4 is 5.91 Å². The zero-order chi connectivity index (χ0) is 35.0. The molecule has 0 aromatic carbocycles. The van der Waals surface area contributed by atoms with Crippen LogP contribution in [0.5, 0.6) is 0 Å². The first-order valence-electron chi connectivity index (χ1n) is 19.5. The number of carbonyl (C=O) groups excluding carboxylic acids is 1. The van der Waals surface area contributed by atoms with Crippen molar-refractivity contribution < 1.29 is 15.0 Å². The Morgan fingerprint density at radius 3 is 1.38 bits per heavy atom. The number of aliphatic hydroxyl groups is 2. The number of rotatable bonds is 33. The molecule has 0 aliphatic heterocycles. The van der Waals surface area contributed by atoms with Crippen LogP contribution in [0.4, 0.5) is 0 Å². The summed E-state index contributed by atoms with van der Waals surface area (Å²) in [7, 11) is 0. The molecule has 4 heteroatoms. The van der Waals surface area contributed by atoms with Gasteiger partial charge >= 0.3 is 0 Å². The van der Waals surface area contributed by atoms with Crippen LogP contribution in [-0.4, -0.2) is 34.9 Å². The number of hydrogen-bond acceptors (Lipinski definition) is 3. The predicted octanol–water partition coefficient (Wildman–Crippen LogP) is 11.9. The fraction of sp³-hybridized carbons (Fsp3) is 0.614. The average molecular weight is 664 g/mol. The summed E-state index contributed by atoms with van der Waals surface area (Å²) < 4.78 is 0. The van der Waals surface area contributed by atoms with E-state index in [9.17, 15) is 15.0 Å². The molecule has 3 N–H and O–H groups in total. The Kier molecular flexibility index (Phi) is 36.6. The molecule has 0 bridgehead atoms. The average Bonchev–Trinajstić information content (AvgIpc) is 3.09. The Morgan fingerprint density at radius 2 is 0.917 bits per heavy atom. The van der Waals surface area contributed by atoms with Crippen LogP contribution < -0.4 is 5.32 Å². The Labute approximate surface area is 296 Å². The van der Waals surface area contributed by atoms with Crippen LogP contribution in [0.3, 0.4) is 0 Å². The van der Waals surface area contributed by atoms with Gasteiger partial charge in [-0.3, -0.25) is 4.79 Å². The molecule has 0 spiro atoms. The molecule has 2 unspecified atom stereocenters. The zero-order valence-corrected chi connectivity index (χ0v) is 31.0. The predicted molar refractivity (Wildman–Crippen MR) is 211 cm³/mol. The van der Waals surface area contributed by atoms with Crippen molar-refractivity contribution in [2.75, 3.05) is 6.61 Å². The summed E-state index contributed by atoms with van der Waals surface area (Å²) >= 11 is 0. The van der Waals surface area contributed by atoms with Gasteiger partial charge in [0.05, 0.1) is 18.8 Å². The van der Waals surface area contributed by atoms with E-state index in [1.807, 2.05) is 6.08 Å². The molecule has 1 amide bonds. The van der Waals surface area contributed by atoms with Crippen LogP contribution in [0.25, 0.3) is 0 Å². The highest BCUT2D eigenvalue weighted by Crippen LogP contribution is 2.11. The summed E-state index contributed by atoms with van der Waals surface area (Å²) in [5.74, 6) is -0.0862. The highest BCUT2D eigenvalue weighted by atomic mass is 16.3. The number of hydrogen-bond donors (Lipinski definition) is 3. The zero-order valence-electron chi connectivity index (χ0n) is 31.0. The van der Waals surface area contributed by atoms with E-state index in [0.717, 1.165) is 83.5 Å². The summed E-state index contributed by atoms with van der Waals surface area (Å²) in [6.45, 7) is 4.11. The highest BCUT2D eigenvalue weighted by Gasteiger charge is 2.17. The van der Waals surface area contributed by atoms with Gasteiger partial charge in [-0.15, -0.1) is 0 Å². The summed E-state index contributed by atoms with van der Waals surface area (Å²) in [4.78, 5) is 12.3. The van der Waals surface area contributed by atoms with E-state index >= 15 is 0 Å². The molecular weight excluding hydrogens is 590 g/mol. The smallest absolute Gasteiger partial charge is 0.220 e. The van der Waals surface area contributed by atoms with Gasteiger partial charge in [-0.2, -0.15) is 0 Å². The van der Waals surface area contributed by atoms with Gasteiger partial charge in [0.2, 0.25) is 5.91 Å². The van der Waals surface area contributed by atoms with E-state index in [0.29, 0.717) is 6.42 Å². The Morgan fingerprint density at radius 1 is 0.521 bits per heavy atom. The molecule has 0 aliphatic rings. The lowest BCUT2D eigenvalue weighted by Gasteiger charge is -2.20. The number of allylic oxidation sites excluding steroid dienone is 15. The van der Waals surface area contributed by atoms with Gasteiger partial charge in [-0.25, -0.2) is 0 Å². The van der Waals surface area contributed by atoms with Crippen molar-refractivity contribution in [3.8, 4) is 0 Å². The van der Waals surface area contributed by atoms with Crippen molar-refractivity contribution in [3.05, 3.63) is 97.2 Å². The van der Waals surface area contributed by atoms with Crippen LogP contribution in [0.15, 0.2) is 97.2 Å². The standard InChI is InChI=1S/C44H73NO3/c1-3-5-7-9-11-12-13-14-15-16-17-18-19-20-21-22-23-24-25-26-27-28-29-30-31-32-34-36-38-40-44(48)45-42(41-46)43(47)39-37-35-33-10-8-6-4-2/h5,7,11-12,14-15,17-18,20-21,23-24,26-27,37,39,42-43,46-47H,3-4,6,8-10,13,16,19,22,25,28-36,38,40-41H2,1-2H3,(H,45,48)/b7-5-,12-11-,15-14-,18-17-,21-20-,24-23-,27-26-,39-37+. The third-order valence-electron chi connectivity index (χ3n) is 8.07. The number of amides is 1. The second kappa shape index (κ2) is 38.8. The first-order valence-corrected chi connectivity index (χ1v) is 19.5. The highest BCUT2D eigenvalue weighted by molar-refractivity contribution is 5.76. The molecule has 0 aliphatic carbocycles.